The summed E-state index contributed by atoms with van der Waals surface area (Å²) in [7, 11) is 0. The van der Waals surface area contributed by atoms with Gasteiger partial charge in [0.15, 0.2) is 5.82 Å². The van der Waals surface area contributed by atoms with Crippen molar-refractivity contribution < 1.29 is 0 Å². The van der Waals surface area contributed by atoms with Crippen molar-refractivity contribution in [2.24, 2.45) is 4.99 Å². The molecule has 0 aromatic carbocycles. The third kappa shape index (κ3) is 1.17. The zero-order chi connectivity index (χ0) is 7.52. The standard InChI is InChI=1S/C8H7N3/c1-3-7(9-4-1)8-10-5-2-6-11-8/h1-3,5-6H,4H2. The maximum Gasteiger partial charge on any atom is 0.177 e. The van der Waals surface area contributed by atoms with Crippen molar-refractivity contribution in [3.05, 3.63) is 36.4 Å². The second-order valence-corrected chi connectivity index (χ2v) is 2.20. The van der Waals surface area contributed by atoms with Gasteiger partial charge in [0.1, 0.15) is 5.71 Å². The molecule has 11 heavy (non-hydrogen) atoms. The summed E-state index contributed by atoms with van der Waals surface area (Å²) >= 11 is 0. The van der Waals surface area contributed by atoms with E-state index in [-0.39, 0.29) is 0 Å². The Morgan fingerprint density at radius 3 is 2.64 bits per heavy atom. The lowest BCUT2D eigenvalue weighted by atomic mass is 10.3. The summed E-state index contributed by atoms with van der Waals surface area (Å²) in [6.45, 7) is 0.758. The summed E-state index contributed by atoms with van der Waals surface area (Å²) in [5, 5.41) is 0. The van der Waals surface area contributed by atoms with Gasteiger partial charge < -0.3 is 0 Å². The topological polar surface area (TPSA) is 38.1 Å². The zero-order valence-electron chi connectivity index (χ0n) is 5.94. The Bertz CT molecular complexity index is 300. The van der Waals surface area contributed by atoms with E-state index >= 15 is 0 Å². The van der Waals surface area contributed by atoms with Crippen LogP contribution in [0.25, 0.3) is 0 Å². The quantitative estimate of drug-likeness (QED) is 0.587. The van der Waals surface area contributed by atoms with E-state index < -0.39 is 0 Å². The van der Waals surface area contributed by atoms with Gasteiger partial charge in [0, 0.05) is 12.4 Å². The molecular weight excluding hydrogens is 138 g/mol. The molecule has 0 saturated heterocycles. The molecule has 54 valence electrons. The average molecular weight is 145 g/mol. The van der Waals surface area contributed by atoms with E-state index in [1.807, 2.05) is 12.2 Å². The summed E-state index contributed by atoms with van der Waals surface area (Å²) in [4.78, 5) is 12.3. The highest BCUT2D eigenvalue weighted by molar-refractivity contribution is 6.07. The van der Waals surface area contributed by atoms with Gasteiger partial charge >= 0.3 is 0 Å². The Morgan fingerprint density at radius 1 is 1.18 bits per heavy atom. The molecule has 1 aromatic rings. The van der Waals surface area contributed by atoms with E-state index in [1.54, 1.807) is 18.5 Å². The Labute approximate surface area is 64.5 Å². The van der Waals surface area contributed by atoms with Crippen molar-refractivity contribution >= 4 is 5.71 Å². The van der Waals surface area contributed by atoms with Crippen LogP contribution >= 0.6 is 0 Å². The minimum atomic E-state index is 0.709. The molecule has 0 unspecified atom stereocenters. The molecule has 2 heterocycles. The molecule has 0 aliphatic carbocycles. The molecular formula is C8H7N3. The SMILES string of the molecule is C1=CC(c2ncccn2)=NC1. The second kappa shape index (κ2) is 2.62. The fraction of sp³-hybridized carbons (Fsp3) is 0.125. The molecule has 3 heteroatoms. The van der Waals surface area contributed by atoms with Crippen molar-refractivity contribution in [2.75, 3.05) is 6.54 Å². The number of hydrogen-bond donors (Lipinski definition) is 0. The predicted octanol–water partition coefficient (Wildman–Crippen LogP) is 0.835. The normalized spacial score (nSPS) is 15.1. The fourth-order valence-electron chi connectivity index (χ4n) is 0.945. The molecule has 0 atom stereocenters. The Kier molecular flexibility index (Phi) is 1.48. The third-order valence-corrected chi connectivity index (χ3v) is 1.44. The maximum atomic E-state index is 4.19. The summed E-state index contributed by atoms with van der Waals surface area (Å²) in [5.41, 5.74) is 0.880. The second-order valence-electron chi connectivity index (χ2n) is 2.20. The summed E-state index contributed by atoms with van der Waals surface area (Å²) in [6, 6.07) is 1.79. The van der Waals surface area contributed by atoms with E-state index in [1.165, 1.54) is 0 Å². The Morgan fingerprint density at radius 2 is 2.00 bits per heavy atom. The maximum absolute atomic E-state index is 4.19. The van der Waals surface area contributed by atoms with E-state index in [2.05, 4.69) is 15.0 Å². The van der Waals surface area contributed by atoms with E-state index in [4.69, 9.17) is 0 Å². The first-order valence-electron chi connectivity index (χ1n) is 3.45. The Balaban J connectivity index is 2.37. The van der Waals surface area contributed by atoms with E-state index in [0.29, 0.717) is 5.82 Å². The van der Waals surface area contributed by atoms with Crippen LogP contribution in [0.3, 0.4) is 0 Å². The first kappa shape index (κ1) is 6.22. The van der Waals surface area contributed by atoms with Crippen LogP contribution in [0, 0.1) is 0 Å². The predicted molar refractivity (Wildman–Crippen MR) is 42.6 cm³/mol. The van der Waals surface area contributed by atoms with E-state index in [0.717, 1.165) is 12.3 Å². The highest BCUT2D eigenvalue weighted by Gasteiger charge is 2.03. The third-order valence-electron chi connectivity index (χ3n) is 1.44. The molecule has 0 spiro atoms. The lowest BCUT2D eigenvalue weighted by Gasteiger charge is -1.92. The summed E-state index contributed by atoms with van der Waals surface area (Å²) in [6.07, 6.45) is 7.37. The highest BCUT2D eigenvalue weighted by Crippen LogP contribution is 1.99. The van der Waals surface area contributed by atoms with Crippen molar-refractivity contribution in [2.45, 2.75) is 0 Å². The fourth-order valence-corrected chi connectivity index (χ4v) is 0.945. The zero-order valence-corrected chi connectivity index (χ0v) is 5.94. The number of nitrogens with zero attached hydrogens (tertiary/aromatic N) is 3. The summed E-state index contributed by atoms with van der Waals surface area (Å²) in [5.74, 6) is 0.709. The van der Waals surface area contributed by atoms with E-state index in [9.17, 15) is 0 Å². The highest BCUT2D eigenvalue weighted by atomic mass is 14.9. The molecule has 1 aliphatic heterocycles. The molecule has 0 amide bonds. The lowest BCUT2D eigenvalue weighted by Crippen LogP contribution is -2.00. The van der Waals surface area contributed by atoms with Crippen LogP contribution in [-0.2, 0) is 0 Å². The number of rotatable bonds is 1. The molecule has 0 bridgehead atoms. The average Bonchev–Trinajstić information content (AvgIpc) is 2.58. The van der Waals surface area contributed by atoms with Crippen molar-refractivity contribution in [3.63, 3.8) is 0 Å². The van der Waals surface area contributed by atoms with Gasteiger partial charge in [-0.25, -0.2) is 9.97 Å². The van der Waals surface area contributed by atoms with Crippen LogP contribution < -0.4 is 0 Å². The molecule has 0 N–H and O–H groups in total. The van der Waals surface area contributed by atoms with Gasteiger partial charge in [-0.1, -0.05) is 6.08 Å². The largest absolute Gasteiger partial charge is 0.277 e. The number of aromatic nitrogens is 2. The molecule has 1 aliphatic rings. The number of allylic oxidation sites excluding steroid dienone is 1. The summed E-state index contributed by atoms with van der Waals surface area (Å²) < 4.78 is 0. The van der Waals surface area contributed by atoms with Gasteiger partial charge in [0.25, 0.3) is 0 Å². The van der Waals surface area contributed by atoms with Crippen LogP contribution in [0.1, 0.15) is 5.82 Å². The van der Waals surface area contributed by atoms with Gasteiger partial charge in [-0.05, 0) is 12.1 Å². The van der Waals surface area contributed by atoms with Crippen LogP contribution in [0.2, 0.25) is 0 Å². The monoisotopic (exact) mass is 145 g/mol. The molecule has 3 nitrogen and oxygen atoms in total. The lowest BCUT2D eigenvalue weighted by molar-refractivity contribution is 1.13. The first-order chi connectivity index (χ1) is 5.47. The van der Waals surface area contributed by atoms with Crippen molar-refractivity contribution in [1.29, 1.82) is 0 Å². The van der Waals surface area contributed by atoms with Crippen molar-refractivity contribution in [1.82, 2.24) is 9.97 Å². The number of hydrogen-bond acceptors (Lipinski definition) is 3. The molecule has 0 saturated carbocycles. The van der Waals surface area contributed by atoms with Crippen LogP contribution in [0.15, 0.2) is 35.6 Å². The van der Waals surface area contributed by atoms with Gasteiger partial charge in [-0.3, -0.25) is 4.99 Å². The molecule has 0 radical (unpaired) electrons. The van der Waals surface area contributed by atoms with Crippen molar-refractivity contribution in [3.8, 4) is 0 Å². The minimum Gasteiger partial charge on any atom is -0.277 e. The van der Waals surface area contributed by atoms with Gasteiger partial charge in [0.05, 0.1) is 6.54 Å². The smallest absolute Gasteiger partial charge is 0.177 e. The Hall–Kier alpha value is -1.51. The first-order valence-corrected chi connectivity index (χ1v) is 3.45. The molecule has 2 rings (SSSR count). The molecule has 0 fully saturated rings. The van der Waals surface area contributed by atoms with Gasteiger partial charge in [-0.15, -0.1) is 0 Å². The molecule has 1 aromatic heterocycles. The number of aliphatic imine (C=N–C) groups is 1. The minimum absolute atomic E-state index is 0.709. The van der Waals surface area contributed by atoms with Crippen LogP contribution in [-0.4, -0.2) is 22.2 Å². The van der Waals surface area contributed by atoms with Crippen LogP contribution in [0.5, 0.6) is 0 Å². The van der Waals surface area contributed by atoms with Gasteiger partial charge in [0.2, 0.25) is 0 Å². The van der Waals surface area contributed by atoms with Gasteiger partial charge in [-0.2, -0.15) is 0 Å². The van der Waals surface area contributed by atoms with Crippen LogP contribution in [0.4, 0.5) is 0 Å².